The van der Waals surface area contributed by atoms with E-state index in [0.29, 0.717) is 6.04 Å². The number of hydrogen-bond acceptors (Lipinski definition) is 2. The highest BCUT2D eigenvalue weighted by Gasteiger charge is 2.17. The molecule has 1 unspecified atom stereocenters. The Morgan fingerprint density at radius 3 is 2.39 bits per heavy atom. The minimum absolute atomic E-state index is 0.339. The molecule has 0 radical (unpaired) electrons. The SMILES string of the molecule is CCCNC(c1cccs1)c1c(C)cccc1C. The van der Waals surface area contributed by atoms with Gasteiger partial charge in [0.1, 0.15) is 0 Å². The fraction of sp³-hybridized carbons (Fsp3) is 0.375. The van der Waals surface area contributed by atoms with Crippen molar-refractivity contribution >= 4 is 11.3 Å². The standard InChI is InChI=1S/C16H21NS/c1-4-10-17-16(14-9-6-11-18-14)15-12(2)7-5-8-13(15)3/h5-9,11,16-17H,4,10H2,1-3H3. The third-order valence-electron chi connectivity index (χ3n) is 3.26. The maximum absolute atomic E-state index is 3.68. The van der Waals surface area contributed by atoms with Gasteiger partial charge in [-0.1, -0.05) is 31.2 Å². The van der Waals surface area contributed by atoms with Gasteiger partial charge < -0.3 is 5.32 Å². The van der Waals surface area contributed by atoms with Crippen LogP contribution in [0.2, 0.25) is 0 Å². The third kappa shape index (κ3) is 2.82. The molecule has 0 spiro atoms. The van der Waals surface area contributed by atoms with Crippen LogP contribution in [0.3, 0.4) is 0 Å². The topological polar surface area (TPSA) is 12.0 Å². The van der Waals surface area contributed by atoms with Crippen LogP contribution in [0.15, 0.2) is 35.7 Å². The quantitative estimate of drug-likeness (QED) is 0.836. The summed E-state index contributed by atoms with van der Waals surface area (Å²) in [6, 6.07) is 11.2. The van der Waals surface area contributed by atoms with E-state index in [0.717, 1.165) is 13.0 Å². The van der Waals surface area contributed by atoms with Gasteiger partial charge in [0.05, 0.1) is 6.04 Å². The van der Waals surface area contributed by atoms with Gasteiger partial charge in [0.25, 0.3) is 0 Å². The van der Waals surface area contributed by atoms with Gasteiger partial charge in [-0.05, 0) is 54.9 Å². The summed E-state index contributed by atoms with van der Waals surface area (Å²) >= 11 is 1.83. The minimum Gasteiger partial charge on any atom is -0.306 e. The van der Waals surface area contributed by atoms with Crippen LogP contribution in [0.1, 0.15) is 41.0 Å². The number of nitrogens with one attached hydrogen (secondary N) is 1. The van der Waals surface area contributed by atoms with Crippen molar-refractivity contribution in [1.29, 1.82) is 0 Å². The van der Waals surface area contributed by atoms with Crippen LogP contribution in [0.5, 0.6) is 0 Å². The first-order valence-corrected chi connectivity index (χ1v) is 7.45. The summed E-state index contributed by atoms with van der Waals surface area (Å²) in [5, 5.41) is 5.84. The van der Waals surface area contributed by atoms with Crippen molar-refractivity contribution in [2.24, 2.45) is 0 Å². The van der Waals surface area contributed by atoms with E-state index in [1.807, 2.05) is 11.3 Å². The molecular weight excluding hydrogens is 238 g/mol. The molecule has 0 aliphatic heterocycles. The van der Waals surface area contributed by atoms with E-state index in [1.54, 1.807) is 0 Å². The lowest BCUT2D eigenvalue weighted by atomic mass is 9.95. The largest absolute Gasteiger partial charge is 0.306 e. The van der Waals surface area contributed by atoms with E-state index in [-0.39, 0.29) is 0 Å². The van der Waals surface area contributed by atoms with E-state index in [4.69, 9.17) is 0 Å². The minimum atomic E-state index is 0.339. The van der Waals surface area contributed by atoms with Gasteiger partial charge in [0.15, 0.2) is 0 Å². The predicted octanol–water partition coefficient (Wildman–Crippen LogP) is 4.45. The molecule has 2 rings (SSSR count). The van der Waals surface area contributed by atoms with E-state index in [1.165, 1.54) is 21.6 Å². The second-order valence-electron chi connectivity index (χ2n) is 4.71. The number of aryl methyl sites for hydroxylation is 2. The normalized spacial score (nSPS) is 12.6. The van der Waals surface area contributed by atoms with E-state index >= 15 is 0 Å². The Labute approximate surface area is 114 Å². The highest BCUT2D eigenvalue weighted by Crippen LogP contribution is 2.30. The molecule has 2 aromatic rings. The molecule has 0 fully saturated rings. The summed E-state index contributed by atoms with van der Waals surface area (Å²) < 4.78 is 0. The Hall–Kier alpha value is -1.12. The molecule has 0 bridgehead atoms. The van der Waals surface area contributed by atoms with Gasteiger partial charge in [-0.3, -0.25) is 0 Å². The molecule has 1 aromatic carbocycles. The van der Waals surface area contributed by atoms with Crippen molar-refractivity contribution in [2.75, 3.05) is 6.54 Å². The van der Waals surface area contributed by atoms with Crippen molar-refractivity contribution in [3.05, 3.63) is 57.3 Å². The van der Waals surface area contributed by atoms with Crippen LogP contribution in [0.25, 0.3) is 0 Å². The summed E-state index contributed by atoms with van der Waals surface area (Å²) in [6.07, 6.45) is 1.16. The Morgan fingerprint density at radius 1 is 1.11 bits per heavy atom. The molecule has 0 saturated carbocycles. The van der Waals surface area contributed by atoms with E-state index < -0.39 is 0 Å². The Balaban J connectivity index is 2.40. The molecule has 0 aliphatic rings. The van der Waals surface area contributed by atoms with Crippen molar-refractivity contribution in [3.8, 4) is 0 Å². The van der Waals surface area contributed by atoms with Crippen LogP contribution < -0.4 is 5.32 Å². The Morgan fingerprint density at radius 2 is 1.83 bits per heavy atom. The molecule has 0 amide bonds. The van der Waals surface area contributed by atoms with Crippen LogP contribution in [0.4, 0.5) is 0 Å². The summed E-state index contributed by atoms with van der Waals surface area (Å²) in [5.74, 6) is 0. The Bertz CT molecular complexity index is 468. The molecule has 0 aliphatic carbocycles. The maximum Gasteiger partial charge on any atom is 0.0676 e. The average Bonchev–Trinajstić information content (AvgIpc) is 2.86. The first-order valence-electron chi connectivity index (χ1n) is 6.57. The van der Waals surface area contributed by atoms with Gasteiger partial charge >= 0.3 is 0 Å². The highest BCUT2D eigenvalue weighted by atomic mass is 32.1. The van der Waals surface area contributed by atoms with E-state index in [2.05, 4.69) is 61.8 Å². The van der Waals surface area contributed by atoms with Gasteiger partial charge in [-0.25, -0.2) is 0 Å². The van der Waals surface area contributed by atoms with Gasteiger partial charge in [0.2, 0.25) is 0 Å². The summed E-state index contributed by atoms with van der Waals surface area (Å²) in [5.41, 5.74) is 4.18. The smallest absolute Gasteiger partial charge is 0.0676 e. The Kier molecular flexibility index (Phi) is 4.56. The fourth-order valence-electron chi connectivity index (χ4n) is 2.37. The molecule has 1 nitrogen and oxygen atoms in total. The predicted molar refractivity (Wildman–Crippen MR) is 80.4 cm³/mol. The van der Waals surface area contributed by atoms with Crippen LogP contribution in [-0.2, 0) is 0 Å². The molecular formula is C16H21NS. The van der Waals surface area contributed by atoms with Crippen molar-refractivity contribution in [3.63, 3.8) is 0 Å². The zero-order valence-corrected chi connectivity index (χ0v) is 12.2. The third-order valence-corrected chi connectivity index (χ3v) is 4.19. The maximum atomic E-state index is 3.68. The molecule has 96 valence electrons. The van der Waals surface area contributed by atoms with Gasteiger partial charge in [-0.15, -0.1) is 11.3 Å². The number of thiophene rings is 1. The van der Waals surface area contributed by atoms with Crippen LogP contribution in [-0.4, -0.2) is 6.54 Å². The van der Waals surface area contributed by atoms with E-state index in [9.17, 15) is 0 Å². The second-order valence-corrected chi connectivity index (χ2v) is 5.69. The molecule has 1 heterocycles. The zero-order chi connectivity index (χ0) is 13.0. The number of rotatable bonds is 5. The van der Waals surface area contributed by atoms with Crippen molar-refractivity contribution in [2.45, 2.75) is 33.2 Å². The zero-order valence-electron chi connectivity index (χ0n) is 11.4. The first-order chi connectivity index (χ1) is 8.74. The molecule has 2 heteroatoms. The summed E-state index contributed by atoms with van der Waals surface area (Å²) in [6.45, 7) is 7.67. The molecule has 18 heavy (non-hydrogen) atoms. The van der Waals surface area contributed by atoms with Crippen LogP contribution >= 0.6 is 11.3 Å². The highest BCUT2D eigenvalue weighted by molar-refractivity contribution is 7.10. The molecule has 1 N–H and O–H groups in total. The lowest BCUT2D eigenvalue weighted by Gasteiger charge is -2.22. The first kappa shape index (κ1) is 13.3. The van der Waals surface area contributed by atoms with Crippen molar-refractivity contribution < 1.29 is 0 Å². The lowest BCUT2D eigenvalue weighted by Crippen LogP contribution is -2.23. The van der Waals surface area contributed by atoms with Gasteiger partial charge in [0, 0.05) is 4.88 Å². The van der Waals surface area contributed by atoms with Gasteiger partial charge in [-0.2, -0.15) is 0 Å². The second kappa shape index (κ2) is 6.17. The monoisotopic (exact) mass is 259 g/mol. The average molecular weight is 259 g/mol. The fourth-order valence-corrected chi connectivity index (χ4v) is 3.18. The summed E-state index contributed by atoms with van der Waals surface area (Å²) in [7, 11) is 0. The number of benzene rings is 1. The van der Waals surface area contributed by atoms with Crippen molar-refractivity contribution in [1.82, 2.24) is 5.32 Å². The molecule has 0 saturated heterocycles. The number of hydrogen-bond donors (Lipinski definition) is 1. The lowest BCUT2D eigenvalue weighted by molar-refractivity contribution is 0.601. The summed E-state index contributed by atoms with van der Waals surface area (Å²) in [4.78, 5) is 1.40. The molecule has 1 aromatic heterocycles. The van der Waals surface area contributed by atoms with Crippen LogP contribution in [0, 0.1) is 13.8 Å². The molecule has 1 atom stereocenters.